The zero-order chi connectivity index (χ0) is 10.1. The van der Waals surface area contributed by atoms with Gasteiger partial charge in [-0.05, 0) is 57.0 Å². The highest BCUT2D eigenvalue weighted by molar-refractivity contribution is 4.91. The van der Waals surface area contributed by atoms with Gasteiger partial charge in [-0.25, -0.2) is 0 Å². The summed E-state index contributed by atoms with van der Waals surface area (Å²) >= 11 is 0. The van der Waals surface area contributed by atoms with E-state index >= 15 is 0 Å². The molecule has 0 aromatic heterocycles. The first-order valence-electron chi connectivity index (χ1n) is 6.88. The average molecular weight is 208 g/mol. The summed E-state index contributed by atoms with van der Waals surface area (Å²) in [6.45, 7) is 5.35. The van der Waals surface area contributed by atoms with E-state index in [-0.39, 0.29) is 0 Å². The van der Waals surface area contributed by atoms with Gasteiger partial charge < -0.3 is 5.32 Å². The molecule has 1 saturated carbocycles. The number of nitrogens with zero attached hydrogens (tertiary/aromatic N) is 1. The smallest absolute Gasteiger partial charge is 0.0108 e. The molecule has 0 aromatic carbocycles. The molecular formula is C13H24N2. The standard InChI is InChI=1S/C13H24N2/c1-3-11-9-15(10-12(11)4-1)13-5-2-7-14-8-6-13/h11-14H,1-10H2. The van der Waals surface area contributed by atoms with Gasteiger partial charge in [0.2, 0.25) is 0 Å². The summed E-state index contributed by atoms with van der Waals surface area (Å²) in [5, 5.41) is 3.52. The molecule has 0 bridgehead atoms. The average Bonchev–Trinajstić information content (AvgIpc) is 2.70. The van der Waals surface area contributed by atoms with E-state index in [2.05, 4.69) is 10.2 Å². The quantitative estimate of drug-likeness (QED) is 0.707. The third-order valence-electron chi connectivity index (χ3n) is 4.82. The van der Waals surface area contributed by atoms with E-state index in [1.165, 1.54) is 64.7 Å². The summed E-state index contributed by atoms with van der Waals surface area (Å²) in [7, 11) is 0. The molecule has 2 aliphatic heterocycles. The van der Waals surface area contributed by atoms with Crippen LogP contribution in [0, 0.1) is 11.8 Å². The number of hydrogen-bond donors (Lipinski definition) is 1. The molecule has 0 aromatic rings. The molecule has 2 nitrogen and oxygen atoms in total. The SMILES string of the molecule is C1CC2CN(C3CCCNCC3)CC2C1. The van der Waals surface area contributed by atoms with Crippen LogP contribution in [0.1, 0.15) is 38.5 Å². The van der Waals surface area contributed by atoms with Crippen molar-refractivity contribution in [2.45, 2.75) is 44.6 Å². The van der Waals surface area contributed by atoms with Gasteiger partial charge in [0.05, 0.1) is 0 Å². The van der Waals surface area contributed by atoms with Crippen LogP contribution in [0.3, 0.4) is 0 Å². The highest BCUT2D eigenvalue weighted by atomic mass is 15.2. The van der Waals surface area contributed by atoms with Gasteiger partial charge in [-0.15, -0.1) is 0 Å². The van der Waals surface area contributed by atoms with Crippen LogP contribution in [0.15, 0.2) is 0 Å². The minimum Gasteiger partial charge on any atom is -0.317 e. The Morgan fingerprint density at radius 1 is 0.800 bits per heavy atom. The van der Waals surface area contributed by atoms with Gasteiger partial charge in [-0.1, -0.05) is 6.42 Å². The van der Waals surface area contributed by atoms with Crippen LogP contribution in [-0.2, 0) is 0 Å². The Labute approximate surface area is 93.4 Å². The van der Waals surface area contributed by atoms with Gasteiger partial charge in [0, 0.05) is 19.1 Å². The highest BCUT2D eigenvalue weighted by Gasteiger charge is 2.38. The lowest BCUT2D eigenvalue weighted by Gasteiger charge is -2.27. The van der Waals surface area contributed by atoms with Crippen molar-refractivity contribution in [1.82, 2.24) is 10.2 Å². The summed E-state index contributed by atoms with van der Waals surface area (Å²) in [5.74, 6) is 2.14. The van der Waals surface area contributed by atoms with E-state index in [9.17, 15) is 0 Å². The number of nitrogens with one attached hydrogen (secondary N) is 1. The first-order valence-corrected chi connectivity index (χ1v) is 6.88. The van der Waals surface area contributed by atoms with E-state index in [0.29, 0.717) is 0 Å². The maximum absolute atomic E-state index is 3.52. The highest BCUT2D eigenvalue weighted by Crippen LogP contribution is 2.39. The van der Waals surface area contributed by atoms with Crippen molar-refractivity contribution < 1.29 is 0 Å². The Hall–Kier alpha value is -0.0800. The lowest BCUT2D eigenvalue weighted by atomic mass is 10.0. The molecule has 0 amide bonds. The van der Waals surface area contributed by atoms with Crippen LogP contribution < -0.4 is 5.32 Å². The molecule has 2 heterocycles. The van der Waals surface area contributed by atoms with Gasteiger partial charge in [0.15, 0.2) is 0 Å². The lowest BCUT2D eigenvalue weighted by Crippen LogP contribution is -2.34. The Bertz CT molecular complexity index is 197. The second kappa shape index (κ2) is 4.42. The van der Waals surface area contributed by atoms with Crippen LogP contribution in [0.25, 0.3) is 0 Å². The van der Waals surface area contributed by atoms with Crippen molar-refractivity contribution in [1.29, 1.82) is 0 Å². The lowest BCUT2D eigenvalue weighted by molar-refractivity contribution is 0.208. The van der Waals surface area contributed by atoms with Gasteiger partial charge >= 0.3 is 0 Å². The molecule has 2 heteroatoms. The predicted octanol–water partition coefficient (Wildman–Crippen LogP) is 1.86. The number of hydrogen-bond acceptors (Lipinski definition) is 2. The van der Waals surface area contributed by atoms with Crippen LogP contribution >= 0.6 is 0 Å². The Morgan fingerprint density at radius 3 is 2.40 bits per heavy atom. The molecule has 3 aliphatic rings. The Morgan fingerprint density at radius 2 is 1.60 bits per heavy atom. The zero-order valence-electron chi connectivity index (χ0n) is 9.75. The first kappa shape index (κ1) is 10.1. The monoisotopic (exact) mass is 208 g/mol. The fourth-order valence-electron chi connectivity index (χ4n) is 3.94. The molecule has 0 radical (unpaired) electrons. The van der Waals surface area contributed by atoms with E-state index in [4.69, 9.17) is 0 Å². The fraction of sp³-hybridized carbons (Fsp3) is 1.00. The van der Waals surface area contributed by atoms with E-state index in [1.807, 2.05) is 0 Å². The molecule has 3 rings (SSSR count). The molecule has 1 N–H and O–H groups in total. The molecule has 15 heavy (non-hydrogen) atoms. The summed E-state index contributed by atoms with van der Waals surface area (Å²) in [4.78, 5) is 2.82. The van der Waals surface area contributed by atoms with Crippen LogP contribution in [-0.4, -0.2) is 37.1 Å². The summed E-state index contributed by atoms with van der Waals surface area (Å²) < 4.78 is 0. The molecule has 0 spiro atoms. The summed E-state index contributed by atoms with van der Waals surface area (Å²) in [6.07, 6.45) is 8.76. The summed E-state index contributed by atoms with van der Waals surface area (Å²) in [6, 6.07) is 0.908. The van der Waals surface area contributed by atoms with Crippen LogP contribution in [0.4, 0.5) is 0 Å². The molecule has 1 aliphatic carbocycles. The molecule has 3 fully saturated rings. The Balaban J connectivity index is 1.58. The minimum atomic E-state index is 0.908. The van der Waals surface area contributed by atoms with E-state index in [0.717, 1.165) is 17.9 Å². The topological polar surface area (TPSA) is 15.3 Å². The predicted molar refractivity (Wildman–Crippen MR) is 62.9 cm³/mol. The van der Waals surface area contributed by atoms with Gasteiger partial charge in [0.1, 0.15) is 0 Å². The third kappa shape index (κ3) is 2.07. The second-order valence-corrected chi connectivity index (χ2v) is 5.74. The summed E-state index contributed by atoms with van der Waals surface area (Å²) in [5.41, 5.74) is 0. The van der Waals surface area contributed by atoms with Gasteiger partial charge in [-0.2, -0.15) is 0 Å². The number of fused-ring (bicyclic) bond motifs is 1. The van der Waals surface area contributed by atoms with Crippen molar-refractivity contribution in [3.8, 4) is 0 Å². The van der Waals surface area contributed by atoms with Crippen molar-refractivity contribution in [3.63, 3.8) is 0 Å². The van der Waals surface area contributed by atoms with Crippen molar-refractivity contribution in [3.05, 3.63) is 0 Å². The molecular weight excluding hydrogens is 184 g/mol. The largest absolute Gasteiger partial charge is 0.317 e. The second-order valence-electron chi connectivity index (χ2n) is 5.74. The number of likely N-dealkylation sites (tertiary alicyclic amines) is 1. The minimum absolute atomic E-state index is 0.908. The van der Waals surface area contributed by atoms with Crippen LogP contribution in [0.2, 0.25) is 0 Å². The molecule has 86 valence electrons. The number of rotatable bonds is 1. The van der Waals surface area contributed by atoms with Crippen molar-refractivity contribution in [2.75, 3.05) is 26.2 Å². The Kier molecular flexibility index (Phi) is 2.98. The third-order valence-corrected chi connectivity index (χ3v) is 4.82. The maximum atomic E-state index is 3.52. The van der Waals surface area contributed by atoms with Gasteiger partial charge in [-0.3, -0.25) is 4.90 Å². The zero-order valence-corrected chi connectivity index (χ0v) is 9.75. The first-order chi connectivity index (χ1) is 7.43. The van der Waals surface area contributed by atoms with Crippen molar-refractivity contribution in [2.24, 2.45) is 11.8 Å². The van der Waals surface area contributed by atoms with Crippen molar-refractivity contribution >= 4 is 0 Å². The molecule has 3 unspecified atom stereocenters. The van der Waals surface area contributed by atoms with E-state index in [1.54, 1.807) is 0 Å². The fourth-order valence-corrected chi connectivity index (χ4v) is 3.94. The van der Waals surface area contributed by atoms with Gasteiger partial charge in [0.25, 0.3) is 0 Å². The maximum Gasteiger partial charge on any atom is 0.0108 e. The molecule has 2 saturated heterocycles. The normalized spacial score (nSPS) is 42.8. The molecule has 3 atom stereocenters. The van der Waals surface area contributed by atoms with E-state index < -0.39 is 0 Å². The van der Waals surface area contributed by atoms with Crippen LogP contribution in [0.5, 0.6) is 0 Å².